The molecule has 142 valence electrons. The molecule has 3 aliphatic rings. The van der Waals surface area contributed by atoms with E-state index in [0.717, 1.165) is 26.1 Å². The zero-order chi connectivity index (χ0) is 18.7. The zero-order valence-electron chi connectivity index (χ0n) is 17.2. The highest BCUT2D eigenvalue weighted by atomic mass is 16.7. The van der Waals surface area contributed by atoms with Crippen LogP contribution in [0.25, 0.3) is 0 Å². The summed E-state index contributed by atoms with van der Waals surface area (Å²) in [6.07, 6.45) is 1.97. The Morgan fingerprint density at radius 1 is 0.640 bits per heavy atom. The Morgan fingerprint density at radius 3 is 1.28 bits per heavy atom. The lowest BCUT2D eigenvalue weighted by molar-refractivity contribution is 0.00578. The molecule has 0 spiro atoms. The predicted molar refractivity (Wildman–Crippen MR) is 99.5 cm³/mol. The number of ether oxygens (including phenoxy) is 1. The van der Waals surface area contributed by atoms with Gasteiger partial charge in [0.05, 0.1) is 22.4 Å². The van der Waals surface area contributed by atoms with Crippen molar-refractivity contribution in [3.8, 4) is 0 Å². The van der Waals surface area contributed by atoms with Crippen LogP contribution in [0.1, 0.15) is 68.2 Å². The summed E-state index contributed by atoms with van der Waals surface area (Å²) in [6.45, 7) is 18.3. The summed E-state index contributed by atoms with van der Waals surface area (Å²) in [5.41, 5.74) is -1.39. The first kappa shape index (κ1) is 19.7. The van der Waals surface area contributed by atoms with E-state index in [9.17, 15) is 0 Å². The van der Waals surface area contributed by atoms with Gasteiger partial charge in [-0.2, -0.15) is 0 Å². The van der Waals surface area contributed by atoms with Crippen molar-refractivity contribution < 1.29 is 23.4 Å². The summed E-state index contributed by atoms with van der Waals surface area (Å²) < 4.78 is 31.2. The van der Waals surface area contributed by atoms with Gasteiger partial charge in [-0.05, 0) is 74.1 Å². The van der Waals surface area contributed by atoms with Crippen LogP contribution in [0.15, 0.2) is 0 Å². The molecule has 0 aromatic carbocycles. The van der Waals surface area contributed by atoms with Crippen LogP contribution in [0.4, 0.5) is 0 Å². The van der Waals surface area contributed by atoms with Crippen LogP contribution in [0.2, 0.25) is 5.72 Å². The van der Waals surface area contributed by atoms with Crippen molar-refractivity contribution in [3.63, 3.8) is 0 Å². The summed E-state index contributed by atoms with van der Waals surface area (Å²) in [6, 6.07) is 0. The van der Waals surface area contributed by atoms with E-state index in [4.69, 9.17) is 23.4 Å². The summed E-state index contributed by atoms with van der Waals surface area (Å²) >= 11 is 0. The van der Waals surface area contributed by atoms with Crippen LogP contribution < -0.4 is 0 Å². The third-order valence-corrected chi connectivity index (χ3v) is 6.98. The Hall–Kier alpha value is -0.0701. The van der Waals surface area contributed by atoms with E-state index in [2.05, 4.69) is 55.4 Å². The molecule has 5 nitrogen and oxygen atoms in total. The average molecular weight is 352 g/mol. The first-order chi connectivity index (χ1) is 11.4. The van der Waals surface area contributed by atoms with Gasteiger partial charge in [-0.15, -0.1) is 0 Å². The molecule has 3 heterocycles. The Kier molecular flexibility index (Phi) is 4.91. The summed E-state index contributed by atoms with van der Waals surface area (Å²) in [7, 11) is -0.661. The maximum absolute atomic E-state index is 6.41. The highest BCUT2D eigenvalue weighted by molar-refractivity contribution is 6.68. The number of hydrogen-bond acceptors (Lipinski definition) is 5. The fraction of sp³-hybridized carbons (Fsp3) is 1.00. The normalized spacial score (nSPS) is 31.1. The first-order valence-corrected chi connectivity index (χ1v) is 9.65. The molecule has 7 heteroatoms. The van der Waals surface area contributed by atoms with E-state index in [-0.39, 0.29) is 42.4 Å². The Bertz CT molecular complexity index is 432. The lowest BCUT2D eigenvalue weighted by atomic mass is 9.46. The van der Waals surface area contributed by atoms with Gasteiger partial charge in [0.15, 0.2) is 0 Å². The number of rotatable bonds is 3. The van der Waals surface area contributed by atoms with Crippen molar-refractivity contribution in [1.82, 2.24) is 0 Å². The molecule has 0 unspecified atom stereocenters. The monoisotopic (exact) mass is 352 g/mol. The minimum absolute atomic E-state index is 0.0333. The van der Waals surface area contributed by atoms with Crippen LogP contribution in [0, 0.1) is 5.92 Å². The van der Waals surface area contributed by atoms with Gasteiger partial charge in [-0.3, -0.25) is 0 Å². The molecule has 3 rings (SSSR count). The molecule has 0 aromatic rings. The van der Waals surface area contributed by atoms with Gasteiger partial charge in [0.25, 0.3) is 0 Å². The number of hydrogen-bond donors (Lipinski definition) is 0. The van der Waals surface area contributed by atoms with Crippen LogP contribution in [-0.2, 0) is 23.4 Å². The Balaban J connectivity index is 1.87. The maximum Gasteiger partial charge on any atom is 0.459 e. The van der Waals surface area contributed by atoms with Crippen molar-refractivity contribution in [2.75, 3.05) is 13.2 Å². The van der Waals surface area contributed by atoms with Crippen molar-refractivity contribution >= 4 is 14.2 Å². The molecule has 25 heavy (non-hydrogen) atoms. The quantitative estimate of drug-likeness (QED) is 0.728. The van der Waals surface area contributed by atoms with Gasteiger partial charge >= 0.3 is 14.2 Å². The second kappa shape index (κ2) is 6.23. The van der Waals surface area contributed by atoms with Crippen molar-refractivity contribution in [2.45, 2.75) is 96.4 Å². The molecular weight excluding hydrogens is 318 g/mol. The van der Waals surface area contributed by atoms with Gasteiger partial charge < -0.3 is 23.4 Å². The highest BCUT2D eigenvalue weighted by Crippen LogP contribution is 2.49. The Morgan fingerprint density at radius 2 is 0.960 bits per heavy atom. The van der Waals surface area contributed by atoms with E-state index in [1.54, 1.807) is 0 Å². The molecule has 0 aromatic heterocycles. The molecule has 3 aliphatic heterocycles. The van der Waals surface area contributed by atoms with Crippen molar-refractivity contribution in [3.05, 3.63) is 0 Å². The van der Waals surface area contributed by atoms with Gasteiger partial charge in [0.2, 0.25) is 0 Å². The molecule has 3 saturated heterocycles. The van der Waals surface area contributed by atoms with Gasteiger partial charge in [0.1, 0.15) is 0 Å². The second-order valence-corrected chi connectivity index (χ2v) is 9.78. The molecule has 0 amide bonds. The average Bonchev–Trinajstić information content (AvgIpc) is 2.79. The van der Waals surface area contributed by atoms with Crippen LogP contribution in [0.5, 0.6) is 0 Å². The van der Waals surface area contributed by atoms with E-state index in [0.29, 0.717) is 5.92 Å². The van der Waals surface area contributed by atoms with E-state index in [1.165, 1.54) is 0 Å². The molecule has 0 atom stereocenters. The van der Waals surface area contributed by atoms with Crippen LogP contribution in [0.3, 0.4) is 0 Å². The van der Waals surface area contributed by atoms with E-state index < -0.39 is 0 Å². The first-order valence-electron chi connectivity index (χ1n) is 9.65. The van der Waals surface area contributed by atoms with E-state index >= 15 is 0 Å². The predicted octanol–water partition coefficient (Wildman–Crippen LogP) is 3.51. The third-order valence-electron chi connectivity index (χ3n) is 6.98. The lowest BCUT2D eigenvalue weighted by Gasteiger charge is -2.32. The van der Waals surface area contributed by atoms with Crippen LogP contribution in [-0.4, -0.2) is 49.9 Å². The van der Waals surface area contributed by atoms with Gasteiger partial charge in [-0.25, -0.2) is 0 Å². The largest absolute Gasteiger partial charge is 0.459 e. The fourth-order valence-corrected chi connectivity index (χ4v) is 3.77. The molecule has 0 saturated carbocycles. The smallest absolute Gasteiger partial charge is 0.403 e. The minimum Gasteiger partial charge on any atom is -0.403 e. The second-order valence-electron chi connectivity index (χ2n) is 9.78. The summed E-state index contributed by atoms with van der Waals surface area (Å²) in [5.74, 6) is 0.401. The Labute approximate surface area is 153 Å². The molecule has 0 radical (unpaired) electrons. The molecule has 0 N–H and O–H groups in total. The van der Waals surface area contributed by atoms with Crippen molar-refractivity contribution in [2.24, 2.45) is 5.92 Å². The summed E-state index contributed by atoms with van der Waals surface area (Å²) in [4.78, 5) is 0. The van der Waals surface area contributed by atoms with Crippen molar-refractivity contribution in [1.29, 1.82) is 0 Å². The maximum atomic E-state index is 6.41. The molecule has 3 fully saturated rings. The third kappa shape index (κ3) is 3.43. The molecule has 0 bridgehead atoms. The van der Waals surface area contributed by atoms with E-state index in [1.807, 2.05) is 0 Å². The lowest BCUT2D eigenvalue weighted by Crippen LogP contribution is -2.44. The molecular formula is C18H34B2O5. The zero-order valence-corrected chi connectivity index (χ0v) is 17.2. The van der Waals surface area contributed by atoms with Gasteiger partial charge in [0, 0.05) is 18.9 Å². The topological polar surface area (TPSA) is 46.2 Å². The molecule has 0 aliphatic carbocycles. The standard InChI is InChI=1S/C18H34B2O5/c1-15(2)16(3,4)23-19(22-15)14(13-9-11-21-12-10-13)20-24-17(5,6)18(7,8)25-20/h13-14H,9-12H2,1-8H3. The fourth-order valence-electron chi connectivity index (χ4n) is 3.77. The highest BCUT2D eigenvalue weighted by Gasteiger charge is 2.63. The minimum atomic E-state index is -0.356. The van der Waals surface area contributed by atoms with Gasteiger partial charge in [-0.1, -0.05) is 0 Å². The van der Waals surface area contributed by atoms with Crippen LogP contribution >= 0.6 is 0 Å². The SMILES string of the molecule is CC1(C)OB(C(B2OC(C)(C)C(C)(C)O2)C2CCOCC2)OC1(C)C. The summed E-state index contributed by atoms with van der Waals surface area (Å²) in [5, 5.41) is 0.